The fraction of sp³-hybridized carbons (Fsp3) is 0.300. The number of Topliss-reactive ketones (excluding diaryl/α,β-unsaturated/α-hetero) is 1. The van der Waals surface area contributed by atoms with Crippen molar-refractivity contribution in [1.29, 1.82) is 0 Å². The van der Waals surface area contributed by atoms with Gasteiger partial charge in [-0.15, -0.1) is 10.2 Å². The van der Waals surface area contributed by atoms with Crippen molar-refractivity contribution in [3.63, 3.8) is 0 Å². The molecule has 0 aliphatic rings. The van der Waals surface area contributed by atoms with Crippen LogP contribution in [-0.2, 0) is 7.05 Å². The predicted molar refractivity (Wildman–Crippen MR) is 72.2 cm³/mol. The van der Waals surface area contributed by atoms with Crippen LogP contribution in [0.4, 0.5) is 0 Å². The third-order valence-electron chi connectivity index (χ3n) is 2.12. The molecule has 2 rings (SSSR count). The molecule has 0 saturated heterocycles. The van der Waals surface area contributed by atoms with E-state index >= 15 is 0 Å². The number of nitrogens with zero attached hydrogens (tertiary/aromatic N) is 3. The van der Waals surface area contributed by atoms with Crippen LogP contribution in [-0.4, -0.2) is 32.6 Å². The number of thioether (sulfide) groups is 2. The van der Waals surface area contributed by atoms with Gasteiger partial charge >= 0.3 is 0 Å². The number of aryl methyl sites for hydroxylation is 1. The molecule has 2 aromatic rings. The summed E-state index contributed by atoms with van der Waals surface area (Å²) in [7, 11) is 1.87. The van der Waals surface area contributed by atoms with Crippen molar-refractivity contribution < 1.29 is 4.79 Å². The maximum absolute atomic E-state index is 11.9. The molecule has 2 aromatic heterocycles. The normalized spacial score (nSPS) is 10.7. The molecule has 0 spiro atoms. The van der Waals surface area contributed by atoms with Gasteiger partial charge in [0.2, 0.25) is 0 Å². The van der Waals surface area contributed by atoms with Gasteiger partial charge < -0.3 is 4.57 Å². The lowest BCUT2D eigenvalue weighted by atomic mass is 10.3. The predicted octanol–water partition coefficient (Wildman–Crippen LogP) is 2.57. The highest BCUT2D eigenvalue weighted by atomic mass is 32.2. The number of ketones is 1. The van der Waals surface area contributed by atoms with Gasteiger partial charge in [0.05, 0.1) is 11.4 Å². The van der Waals surface area contributed by atoms with Crippen molar-refractivity contribution in [1.82, 2.24) is 14.8 Å². The molecule has 0 atom stereocenters. The van der Waals surface area contributed by atoms with Crippen LogP contribution in [0.3, 0.4) is 0 Å². The Morgan fingerprint density at radius 1 is 1.47 bits per heavy atom. The van der Waals surface area contributed by atoms with E-state index in [1.165, 1.54) is 23.1 Å². The van der Waals surface area contributed by atoms with E-state index in [4.69, 9.17) is 0 Å². The molecular formula is C10H11N3OS3. The van der Waals surface area contributed by atoms with Gasteiger partial charge in [0.25, 0.3) is 0 Å². The molecule has 0 radical (unpaired) electrons. The molecule has 0 aromatic carbocycles. The van der Waals surface area contributed by atoms with Crippen molar-refractivity contribution in [2.75, 3.05) is 12.0 Å². The number of hydrogen-bond donors (Lipinski definition) is 0. The van der Waals surface area contributed by atoms with E-state index < -0.39 is 0 Å². The Labute approximate surface area is 112 Å². The molecule has 7 heteroatoms. The highest BCUT2D eigenvalue weighted by molar-refractivity contribution is 8.03. The van der Waals surface area contributed by atoms with Gasteiger partial charge in [0.1, 0.15) is 0 Å². The Hall–Kier alpha value is -0.790. The summed E-state index contributed by atoms with van der Waals surface area (Å²) in [6.07, 6.45) is 3.83. The Morgan fingerprint density at radius 2 is 2.24 bits per heavy atom. The molecule has 0 unspecified atom stereocenters. The molecule has 0 bridgehead atoms. The van der Waals surface area contributed by atoms with Crippen molar-refractivity contribution in [3.8, 4) is 0 Å². The molecular weight excluding hydrogens is 274 g/mol. The van der Waals surface area contributed by atoms with E-state index in [0.29, 0.717) is 5.75 Å². The van der Waals surface area contributed by atoms with Crippen LogP contribution in [0.25, 0.3) is 0 Å². The SMILES string of the molecule is CSc1nnc(SCC(=O)c2cccn2C)s1. The summed E-state index contributed by atoms with van der Waals surface area (Å²) in [5, 5.41) is 8.00. The average Bonchev–Trinajstić information content (AvgIpc) is 2.94. The lowest BCUT2D eigenvalue weighted by Crippen LogP contribution is -2.07. The molecule has 0 N–H and O–H groups in total. The standard InChI is InChI=1S/C10H11N3OS3/c1-13-5-3-4-7(13)8(14)6-16-10-12-11-9(15-2)17-10/h3-5H,6H2,1-2H3. The van der Waals surface area contributed by atoms with Crippen LogP contribution in [0.1, 0.15) is 10.5 Å². The van der Waals surface area contributed by atoms with E-state index in [-0.39, 0.29) is 5.78 Å². The van der Waals surface area contributed by atoms with Crippen molar-refractivity contribution >= 4 is 40.6 Å². The number of aromatic nitrogens is 3. The summed E-state index contributed by atoms with van der Waals surface area (Å²) < 4.78 is 3.60. The summed E-state index contributed by atoms with van der Waals surface area (Å²) in [6, 6.07) is 3.70. The largest absolute Gasteiger partial charge is 0.348 e. The second-order valence-electron chi connectivity index (χ2n) is 3.25. The molecule has 0 aliphatic heterocycles. The third kappa shape index (κ3) is 3.11. The first-order valence-electron chi connectivity index (χ1n) is 4.85. The molecule has 0 amide bonds. The van der Waals surface area contributed by atoms with E-state index in [0.717, 1.165) is 14.4 Å². The average molecular weight is 285 g/mol. The molecule has 0 aliphatic carbocycles. The summed E-state index contributed by atoms with van der Waals surface area (Å²) in [4.78, 5) is 11.9. The van der Waals surface area contributed by atoms with Gasteiger partial charge in [-0.25, -0.2) is 0 Å². The Morgan fingerprint density at radius 3 is 2.82 bits per heavy atom. The van der Waals surface area contributed by atoms with Gasteiger partial charge in [0, 0.05) is 13.2 Å². The highest BCUT2D eigenvalue weighted by Gasteiger charge is 2.11. The minimum absolute atomic E-state index is 0.114. The lowest BCUT2D eigenvalue weighted by Gasteiger charge is -2.00. The molecule has 2 heterocycles. The first-order valence-corrected chi connectivity index (χ1v) is 7.88. The lowest BCUT2D eigenvalue weighted by molar-refractivity contribution is 0.101. The molecule has 4 nitrogen and oxygen atoms in total. The number of carbonyl (C=O) groups excluding carboxylic acids is 1. The fourth-order valence-corrected chi connectivity index (χ4v) is 3.60. The maximum atomic E-state index is 11.9. The highest BCUT2D eigenvalue weighted by Crippen LogP contribution is 2.27. The minimum atomic E-state index is 0.114. The second-order valence-corrected chi connectivity index (χ2v) is 6.51. The van der Waals surface area contributed by atoms with Gasteiger partial charge in [-0.3, -0.25) is 4.79 Å². The van der Waals surface area contributed by atoms with E-state index in [2.05, 4.69) is 10.2 Å². The summed E-state index contributed by atoms with van der Waals surface area (Å²) in [6.45, 7) is 0. The van der Waals surface area contributed by atoms with Gasteiger partial charge in [0.15, 0.2) is 14.5 Å². The number of carbonyl (C=O) groups is 1. The van der Waals surface area contributed by atoms with Crippen molar-refractivity contribution in [3.05, 3.63) is 24.0 Å². The zero-order valence-electron chi connectivity index (χ0n) is 9.41. The smallest absolute Gasteiger partial charge is 0.189 e. The van der Waals surface area contributed by atoms with Gasteiger partial charge in [-0.05, 0) is 18.4 Å². The summed E-state index contributed by atoms with van der Waals surface area (Å²) >= 11 is 4.53. The van der Waals surface area contributed by atoms with Crippen LogP contribution in [0.2, 0.25) is 0 Å². The first kappa shape index (κ1) is 12.7. The number of rotatable bonds is 5. The third-order valence-corrected chi connectivity index (χ3v) is 5.15. The van der Waals surface area contributed by atoms with E-state index in [9.17, 15) is 4.79 Å². The topological polar surface area (TPSA) is 47.8 Å². The Kier molecular flexibility index (Phi) is 4.25. The van der Waals surface area contributed by atoms with Gasteiger partial charge in [-0.2, -0.15) is 0 Å². The van der Waals surface area contributed by atoms with Crippen LogP contribution < -0.4 is 0 Å². The zero-order chi connectivity index (χ0) is 12.3. The zero-order valence-corrected chi connectivity index (χ0v) is 11.9. The van der Waals surface area contributed by atoms with E-state index in [1.54, 1.807) is 11.8 Å². The Bertz CT molecular complexity index is 520. The van der Waals surface area contributed by atoms with Crippen LogP contribution in [0.15, 0.2) is 27.0 Å². The monoisotopic (exact) mass is 285 g/mol. The number of hydrogen-bond acceptors (Lipinski definition) is 6. The summed E-state index contributed by atoms with van der Waals surface area (Å²) in [5.41, 5.74) is 0.729. The molecule has 17 heavy (non-hydrogen) atoms. The molecule has 90 valence electrons. The van der Waals surface area contributed by atoms with Crippen LogP contribution in [0, 0.1) is 0 Å². The van der Waals surface area contributed by atoms with Crippen LogP contribution in [0.5, 0.6) is 0 Å². The molecule has 0 fully saturated rings. The molecule has 0 saturated carbocycles. The van der Waals surface area contributed by atoms with E-state index in [1.807, 2.05) is 36.2 Å². The second kappa shape index (κ2) is 5.70. The fourth-order valence-electron chi connectivity index (χ4n) is 1.29. The summed E-state index contributed by atoms with van der Waals surface area (Å²) in [5.74, 6) is 0.518. The Balaban J connectivity index is 1.94. The minimum Gasteiger partial charge on any atom is -0.348 e. The first-order chi connectivity index (χ1) is 8.20. The van der Waals surface area contributed by atoms with Gasteiger partial charge in [-0.1, -0.05) is 34.9 Å². The van der Waals surface area contributed by atoms with Crippen molar-refractivity contribution in [2.45, 2.75) is 8.68 Å². The quantitative estimate of drug-likeness (QED) is 0.624. The van der Waals surface area contributed by atoms with Crippen molar-refractivity contribution in [2.24, 2.45) is 7.05 Å². The maximum Gasteiger partial charge on any atom is 0.189 e. The van der Waals surface area contributed by atoms with Crippen LogP contribution >= 0.6 is 34.9 Å².